The summed E-state index contributed by atoms with van der Waals surface area (Å²) in [7, 11) is 0. The molecule has 4 rings (SSSR count). The summed E-state index contributed by atoms with van der Waals surface area (Å²) in [6.45, 7) is 1.86. The molecule has 1 aliphatic rings. The Bertz CT molecular complexity index is 1030. The van der Waals surface area contributed by atoms with Gasteiger partial charge in [-0.05, 0) is 50.8 Å². The Morgan fingerprint density at radius 2 is 1.93 bits per heavy atom. The zero-order valence-corrected chi connectivity index (χ0v) is 17.2. The minimum absolute atomic E-state index is 0.0502. The van der Waals surface area contributed by atoms with Crippen molar-refractivity contribution in [2.75, 3.05) is 5.32 Å². The van der Waals surface area contributed by atoms with Crippen molar-refractivity contribution >= 4 is 23.3 Å². The molecule has 9 heteroatoms. The fourth-order valence-corrected chi connectivity index (χ4v) is 3.83. The zero-order valence-electron chi connectivity index (χ0n) is 16.5. The van der Waals surface area contributed by atoms with Crippen LogP contribution in [0, 0.1) is 12.7 Å². The van der Waals surface area contributed by atoms with E-state index in [2.05, 4.69) is 25.6 Å². The molecular formula is C21H22ClFN6O. The average molecular weight is 429 g/mol. The number of aromatic nitrogens is 4. The summed E-state index contributed by atoms with van der Waals surface area (Å²) in [5, 5.41) is 6.46. The first-order chi connectivity index (χ1) is 14.5. The van der Waals surface area contributed by atoms with Crippen LogP contribution in [0.4, 0.5) is 10.2 Å². The van der Waals surface area contributed by atoms with Crippen molar-refractivity contribution in [3.05, 3.63) is 65.2 Å². The van der Waals surface area contributed by atoms with E-state index in [0.717, 1.165) is 37.3 Å². The molecule has 0 saturated heterocycles. The summed E-state index contributed by atoms with van der Waals surface area (Å²) in [6.07, 6.45) is 8.74. The Morgan fingerprint density at radius 1 is 1.17 bits per heavy atom. The standard InChI is InChI=1S/C21H22ClFN6O/c1-13-25-19(11-20(26-13)29-9-8-24-12-29)27-15-3-5-16(6-4-15)28-21(30)14-2-7-18(23)17(22)10-14/h2,7-12,15-16H,3-6H2,1H3,(H,28,30)(H,25,26,27). The molecule has 1 saturated carbocycles. The first-order valence-electron chi connectivity index (χ1n) is 9.84. The normalized spacial score (nSPS) is 18.8. The van der Waals surface area contributed by atoms with E-state index in [0.29, 0.717) is 11.4 Å². The van der Waals surface area contributed by atoms with Crippen LogP contribution < -0.4 is 10.6 Å². The van der Waals surface area contributed by atoms with Gasteiger partial charge in [0, 0.05) is 36.1 Å². The number of anilines is 1. The number of amides is 1. The van der Waals surface area contributed by atoms with Crippen LogP contribution in [0.5, 0.6) is 0 Å². The van der Waals surface area contributed by atoms with Crippen LogP contribution >= 0.6 is 11.6 Å². The number of imidazole rings is 1. The molecule has 0 atom stereocenters. The lowest BCUT2D eigenvalue weighted by Crippen LogP contribution is -2.40. The molecule has 0 unspecified atom stereocenters. The molecule has 2 aromatic heterocycles. The summed E-state index contributed by atoms with van der Waals surface area (Å²) in [5.74, 6) is 1.46. The highest BCUT2D eigenvalue weighted by atomic mass is 35.5. The van der Waals surface area contributed by atoms with Gasteiger partial charge in [-0.25, -0.2) is 19.3 Å². The van der Waals surface area contributed by atoms with E-state index in [4.69, 9.17) is 11.6 Å². The van der Waals surface area contributed by atoms with E-state index < -0.39 is 5.82 Å². The molecule has 0 spiro atoms. The number of hydrogen-bond acceptors (Lipinski definition) is 5. The zero-order chi connectivity index (χ0) is 21.1. The van der Waals surface area contributed by atoms with Crippen molar-refractivity contribution in [3.8, 4) is 5.82 Å². The van der Waals surface area contributed by atoms with Crippen LogP contribution in [0.3, 0.4) is 0 Å². The molecule has 1 amide bonds. The van der Waals surface area contributed by atoms with Crippen LogP contribution in [0.1, 0.15) is 41.9 Å². The molecular weight excluding hydrogens is 407 g/mol. The molecule has 1 aliphatic carbocycles. The average Bonchev–Trinajstić information content (AvgIpc) is 3.26. The third kappa shape index (κ3) is 4.76. The van der Waals surface area contributed by atoms with Gasteiger partial charge >= 0.3 is 0 Å². The quantitative estimate of drug-likeness (QED) is 0.643. The number of hydrogen-bond donors (Lipinski definition) is 2. The molecule has 0 bridgehead atoms. The van der Waals surface area contributed by atoms with Crippen LogP contribution in [0.2, 0.25) is 5.02 Å². The summed E-state index contributed by atoms with van der Waals surface area (Å²) >= 11 is 5.77. The van der Waals surface area contributed by atoms with Gasteiger partial charge in [-0.3, -0.25) is 9.36 Å². The third-order valence-electron chi connectivity index (χ3n) is 5.19. The van der Waals surface area contributed by atoms with Crippen LogP contribution in [0.15, 0.2) is 43.0 Å². The summed E-state index contributed by atoms with van der Waals surface area (Å²) in [6, 6.07) is 6.25. The van der Waals surface area contributed by atoms with Gasteiger partial charge in [0.05, 0.1) is 5.02 Å². The molecule has 0 radical (unpaired) electrons. The predicted molar refractivity (Wildman–Crippen MR) is 112 cm³/mol. The minimum atomic E-state index is -0.532. The molecule has 3 aromatic rings. The summed E-state index contributed by atoms with van der Waals surface area (Å²) in [5.41, 5.74) is 0.366. The Labute approximate surface area is 178 Å². The van der Waals surface area contributed by atoms with E-state index >= 15 is 0 Å². The number of nitrogens with zero attached hydrogens (tertiary/aromatic N) is 4. The van der Waals surface area contributed by atoms with Gasteiger partial charge in [0.15, 0.2) is 0 Å². The maximum absolute atomic E-state index is 13.3. The maximum Gasteiger partial charge on any atom is 0.251 e. The Kier molecular flexibility index (Phi) is 5.94. The third-order valence-corrected chi connectivity index (χ3v) is 5.48. The van der Waals surface area contributed by atoms with Gasteiger partial charge in [-0.15, -0.1) is 0 Å². The lowest BCUT2D eigenvalue weighted by atomic mass is 9.91. The van der Waals surface area contributed by atoms with Gasteiger partial charge in [-0.1, -0.05) is 11.6 Å². The topological polar surface area (TPSA) is 84.7 Å². The number of nitrogens with one attached hydrogen (secondary N) is 2. The van der Waals surface area contributed by atoms with Crippen LogP contribution in [-0.4, -0.2) is 37.5 Å². The second-order valence-corrected chi connectivity index (χ2v) is 7.83. The summed E-state index contributed by atoms with van der Waals surface area (Å²) in [4.78, 5) is 25.4. The minimum Gasteiger partial charge on any atom is -0.367 e. The highest BCUT2D eigenvalue weighted by Crippen LogP contribution is 2.23. The van der Waals surface area contributed by atoms with E-state index in [9.17, 15) is 9.18 Å². The molecule has 30 heavy (non-hydrogen) atoms. The fraction of sp³-hybridized carbons (Fsp3) is 0.333. The van der Waals surface area contributed by atoms with Crippen LogP contribution in [0.25, 0.3) is 5.82 Å². The monoisotopic (exact) mass is 428 g/mol. The predicted octanol–water partition coefficient (Wildman–Crippen LogP) is 3.92. The summed E-state index contributed by atoms with van der Waals surface area (Å²) < 4.78 is 15.1. The van der Waals surface area contributed by atoms with Gasteiger partial charge in [0.25, 0.3) is 5.91 Å². The van der Waals surface area contributed by atoms with E-state index in [1.165, 1.54) is 18.2 Å². The molecule has 7 nitrogen and oxygen atoms in total. The number of carbonyl (C=O) groups is 1. The molecule has 1 aromatic carbocycles. The molecule has 156 valence electrons. The smallest absolute Gasteiger partial charge is 0.251 e. The lowest BCUT2D eigenvalue weighted by Gasteiger charge is -2.30. The molecule has 1 fully saturated rings. The highest BCUT2D eigenvalue weighted by molar-refractivity contribution is 6.31. The first-order valence-corrected chi connectivity index (χ1v) is 10.2. The number of rotatable bonds is 5. The van der Waals surface area contributed by atoms with Crippen molar-refractivity contribution in [2.24, 2.45) is 0 Å². The number of benzene rings is 1. The highest BCUT2D eigenvalue weighted by Gasteiger charge is 2.23. The Balaban J connectivity index is 1.33. The van der Waals surface area contributed by atoms with Crippen molar-refractivity contribution in [1.29, 1.82) is 0 Å². The van der Waals surface area contributed by atoms with Gasteiger partial charge in [-0.2, -0.15) is 0 Å². The van der Waals surface area contributed by atoms with Gasteiger partial charge in [0.2, 0.25) is 0 Å². The molecule has 2 N–H and O–H groups in total. The van der Waals surface area contributed by atoms with Crippen molar-refractivity contribution in [2.45, 2.75) is 44.7 Å². The van der Waals surface area contributed by atoms with E-state index in [-0.39, 0.29) is 23.0 Å². The van der Waals surface area contributed by atoms with E-state index in [1.807, 2.05) is 23.8 Å². The maximum atomic E-state index is 13.3. The van der Waals surface area contributed by atoms with Gasteiger partial charge < -0.3 is 10.6 Å². The van der Waals surface area contributed by atoms with Gasteiger partial charge in [0.1, 0.15) is 29.6 Å². The second-order valence-electron chi connectivity index (χ2n) is 7.42. The molecule has 2 heterocycles. The van der Waals surface area contributed by atoms with Crippen molar-refractivity contribution in [3.63, 3.8) is 0 Å². The van der Waals surface area contributed by atoms with Crippen LogP contribution in [-0.2, 0) is 0 Å². The Hall–Kier alpha value is -3.00. The largest absolute Gasteiger partial charge is 0.367 e. The second kappa shape index (κ2) is 8.79. The Morgan fingerprint density at radius 3 is 2.63 bits per heavy atom. The fourth-order valence-electron chi connectivity index (χ4n) is 3.65. The first kappa shape index (κ1) is 20.3. The number of carbonyl (C=O) groups excluding carboxylic acids is 1. The number of halogens is 2. The SMILES string of the molecule is Cc1nc(NC2CCC(NC(=O)c3ccc(F)c(Cl)c3)CC2)cc(-n2ccnc2)n1. The number of aryl methyl sites for hydroxylation is 1. The molecule has 0 aliphatic heterocycles. The van der Waals surface area contributed by atoms with Crippen molar-refractivity contribution < 1.29 is 9.18 Å². The lowest BCUT2D eigenvalue weighted by molar-refractivity contribution is 0.0926. The van der Waals surface area contributed by atoms with Crippen molar-refractivity contribution in [1.82, 2.24) is 24.8 Å². The van der Waals surface area contributed by atoms with E-state index in [1.54, 1.807) is 12.5 Å².